The smallest absolute Gasteiger partial charge is 0.337 e. The summed E-state index contributed by atoms with van der Waals surface area (Å²) in [5.41, 5.74) is 2.10. The summed E-state index contributed by atoms with van der Waals surface area (Å²) in [4.78, 5) is 27.5. The van der Waals surface area contributed by atoms with Crippen LogP contribution in [0, 0.1) is 0 Å². The van der Waals surface area contributed by atoms with Gasteiger partial charge in [-0.15, -0.1) is 11.8 Å². The number of ether oxygens (including phenoxy) is 1. The summed E-state index contributed by atoms with van der Waals surface area (Å²) < 4.78 is 4.72. The summed E-state index contributed by atoms with van der Waals surface area (Å²) in [7, 11) is 1.34. The van der Waals surface area contributed by atoms with Crippen LogP contribution in [-0.2, 0) is 9.53 Å². The van der Waals surface area contributed by atoms with E-state index in [-0.39, 0.29) is 12.5 Å². The number of carbonyl (C=O) groups excluding carboxylic acids is 2. The molecule has 1 heterocycles. The Balaban J connectivity index is 1.71. The molecular formula is C20H22N2O3S. The lowest BCUT2D eigenvalue weighted by atomic mass is 10.2. The number of esters is 1. The van der Waals surface area contributed by atoms with Gasteiger partial charge in [0.05, 0.1) is 24.9 Å². The number of fused-ring (bicyclic) bond motifs is 1. The second-order valence-electron chi connectivity index (χ2n) is 6.23. The molecule has 26 heavy (non-hydrogen) atoms. The molecule has 6 heteroatoms. The van der Waals surface area contributed by atoms with Gasteiger partial charge in [0.1, 0.15) is 0 Å². The largest absolute Gasteiger partial charge is 0.465 e. The Morgan fingerprint density at radius 3 is 2.85 bits per heavy atom. The fourth-order valence-electron chi connectivity index (χ4n) is 2.93. The van der Waals surface area contributed by atoms with Gasteiger partial charge in [-0.2, -0.15) is 0 Å². The van der Waals surface area contributed by atoms with Gasteiger partial charge in [0.25, 0.3) is 0 Å². The molecule has 2 aromatic rings. The number of rotatable bonds is 4. The minimum Gasteiger partial charge on any atom is -0.465 e. The summed E-state index contributed by atoms with van der Waals surface area (Å²) in [5.74, 6) is -0.532. The van der Waals surface area contributed by atoms with Crippen molar-refractivity contribution >= 4 is 35.0 Å². The highest BCUT2D eigenvalue weighted by molar-refractivity contribution is 8.00. The molecular weight excluding hydrogens is 348 g/mol. The average Bonchev–Trinajstić information content (AvgIpc) is 2.80. The number of amides is 1. The minimum atomic E-state index is -0.423. The highest BCUT2D eigenvalue weighted by Gasteiger charge is 2.21. The summed E-state index contributed by atoms with van der Waals surface area (Å²) in [6.07, 6.45) is 1.02. The van der Waals surface area contributed by atoms with Crippen molar-refractivity contribution in [1.29, 1.82) is 0 Å². The van der Waals surface area contributed by atoms with Crippen LogP contribution in [0.15, 0.2) is 53.4 Å². The van der Waals surface area contributed by atoms with E-state index in [1.54, 1.807) is 24.3 Å². The summed E-state index contributed by atoms with van der Waals surface area (Å²) >= 11 is 1.85. The van der Waals surface area contributed by atoms with Crippen molar-refractivity contribution in [3.05, 3.63) is 54.1 Å². The summed E-state index contributed by atoms with van der Waals surface area (Å²) in [6.45, 7) is 3.32. The molecule has 1 amide bonds. The SMILES string of the molecule is COC(=O)c1cccc(NC(=O)CN2CCC(C)Sc3ccccc32)c1. The maximum Gasteiger partial charge on any atom is 0.337 e. The Bertz CT molecular complexity index is 809. The van der Waals surface area contributed by atoms with E-state index in [0.717, 1.165) is 18.7 Å². The Hall–Kier alpha value is -2.47. The normalized spacial score (nSPS) is 16.4. The van der Waals surface area contributed by atoms with E-state index in [2.05, 4.69) is 29.3 Å². The Kier molecular flexibility index (Phi) is 5.83. The molecule has 0 spiro atoms. The molecule has 0 aromatic heterocycles. The van der Waals surface area contributed by atoms with Gasteiger partial charge in [0.15, 0.2) is 0 Å². The summed E-state index contributed by atoms with van der Waals surface area (Å²) in [5, 5.41) is 3.39. The Morgan fingerprint density at radius 1 is 1.23 bits per heavy atom. The lowest BCUT2D eigenvalue weighted by molar-refractivity contribution is -0.115. The first-order chi connectivity index (χ1) is 12.6. The second kappa shape index (κ2) is 8.27. The predicted octanol–water partition coefficient (Wildman–Crippen LogP) is 3.80. The number of benzene rings is 2. The molecule has 1 atom stereocenters. The van der Waals surface area contributed by atoms with Gasteiger partial charge in [0.2, 0.25) is 5.91 Å². The zero-order chi connectivity index (χ0) is 18.5. The molecule has 136 valence electrons. The van der Waals surface area contributed by atoms with E-state index < -0.39 is 5.97 Å². The number of hydrogen-bond donors (Lipinski definition) is 1. The maximum atomic E-state index is 12.6. The topological polar surface area (TPSA) is 58.6 Å². The van der Waals surface area contributed by atoms with Crippen LogP contribution in [0.5, 0.6) is 0 Å². The van der Waals surface area contributed by atoms with Crippen LogP contribution >= 0.6 is 11.8 Å². The van der Waals surface area contributed by atoms with Gasteiger partial charge in [-0.25, -0.2) is 4.79 Å². The zero-order valence-electron chi connectivity index (χ0n) is 14.9. The third-order valence-corrected chi connectivity index (χ3v) is 5.48. The number of thioether (sulfide) groups is 1. The third-order valence-electron chi connectivity index (χ3n) is 4.24. The van der Waals surface area contributed by atoms with Crippen LogP contribution in [0.4, 0.5) is 11.4 Å². The number of carbonyl (C=O) groups is 2. The van der Waals surface area contributed by atoms with Gasteiger partial charge in [-0.05, 0) is 36.8 Å². The second-order valence-corrected chi connectivity index (χ2v) is 7.71. The lowest BCUT2D eigenvalue weighted by Crippen LogP contribution is -2.34. The van der Waals surface area contributed by atoms with Crippen molar-refractivity contribution in [3.63, 3.8) is 0 Å². The number of anilines is 2. The molecule has 0 aliphatic carbocycles. The van der Waals surface area contributed by atoms with Crippen LogP contribution in [0.3, 0.4) is 0 Å². The number of nitrogens with one attached hydrogen (secondary N) is 1. The molecule has 3 rings (SSSR count). The van der Waals surface area contributed by atoms with E-state index in [4.69, 9.17) is 4.74 Å². The number of methoxy groups -OCH3 is 1. The maximum absolute atomic E-state index is 12.6. The molecule has 0 bridgehead atoms. The molecule has 1 unspecified atom stereocenters. The van der Waals surface area contributed by atoms with Gasteiger partial charge in [-0.1, -0.05) is 25.1 Å². The van der Waals surface area contributed by atoms with E-state index in [9.17, 15) is 9.59 Å². The molecule has 1 N–H and O–H groups in total. The van der Waals surface area contributed by atoms with Crippen molar-refractivity contribution in [2.24, 2.45) is 0 Å². The van der Waals surface area contributed by atoms with Crippen LogP contribution in [0.1, 0.15) is 23.7 Å². The van der Waals surface area contributed by atoms with Gasteiger partial charge < -0.3 is 15.0 Å². The number of para-hydroxylation sites is 1. The third kappa shape index (κ3) is 4.38. The van der Waals surface area contributed by atoms with E-state index in [1.807, 2.05) is 23.9 Å². The van der Waals surface area contributed by atoms with Gasteiger partial charge in [0, 0.05) is 22.4 Å². The standard InChI is InChI=1S/C20H22N2O3S/c1-14-10-11-22(17-8-3-4-9-18(17)26-14)13-19(23)21-16-7-5-6-15(12-16)20(24)25-2/h3-9,12,14H,10-11,13H2,1-2H3,(H,21,23). The predicted molar refractivity (Wildman–Crippen MR) is 105 cm³/mol. The van der Waals surface area contributed by atoms with Crippen molar-refractivity contribution in [1.82, 2.24) is 0 Å². The van der Waals surface area contributed by atoms with Gasteiger partial charge in [-0.3, -0.25) is 4.79 Å². The van der Waals surface area contributed by atoms with E-state index >= 15 is 0 Å². The monoisotopic (exact) mass is 370 g/mol. The molecule has 0 saturated heterocycles. The van der Waals surface area contributed by atoms with Crippen LogP contribution in [0.25, 0.3) is 0 Å². The molecule has 5 nitrogen and oxygen atoms in total. The van der Waals surface area contributed by atoms with E-state index in [0.29, 0.717) is 16.5 Å². The highest BCUT2D eigenvalue weighted by atomic mass is 32.2. The summed E-state index contributed by atoms with van der Waals surface area (Å²) in [6, 6.07) is 15.0. The van der Waals surface area contributed by atoms with Crippen LogP contribution in [0.2, 0.25) is 0 Å². The first-order valence-electron chi connectivity index (χ1n) is 8.55. The quantitative estimate of drug-likeness (QED) is 0.830. The molecule has 0 saturated carbocycles. The molecule has 0 fully saturated rings. The van der Waals surface area contributed by atoms with E-state index in [1.165, 1.54) is 12.0 Å². The molecule has 1 aliphatic heterocycles. The van der Waals surface area contributed by atoms with Crippen molar-refractivity contribution in [2.45, 2.75) is 23.5 Å². The molecule has 0 radical (unpaired) electrons. The molecule has 1 aliphatic rings. The fourth-order valence-corrected chi connectivity index (χ4v) is 4.06. The van der Waals surface area contributed by atoms with Gasteiger partial charge >= 0.3 is 5.97 Å². The van der Waals surface area contributed by atoms with Crippen LogP contribution < -0.4 is 10.2 Å². The Labute approximate surface area is 157 Å². The number of nitrogens with zero attached hydrogens (tertiary/aromatic N) is 1. The van der Waals surface area contributed by atoms with Crippen molar-refractivity contribution in [2.75, 3.05) is 30.4 Å². The van der Waals surface area contributed by atoms with Crippen LogP contribution in [-0.4, -0.2) is 37.3 Å². The Morgan fingerprint density at radius 2 is 2.04 bits per heavy atom. The highest BCUT2D eigenvalue weighted by Crippen LogP contribution is 2.37. The average molecular weight is 370 g/mol. The zero-order valence-corrected chi connectivity index (χ0v) is 15.7. The van der Waals surface area contributed by atoms with Crippen molar-refractivity contribution in [3.8, 4) is 0 Å². The molecule has 2 aromatic carbocycles. The first-order valence-corrected chi connectivity index (χ1v) is 9.43. The number of hydrogen-bond acceptors (Lipinski definition) is 5. The lowest BCUT2D eigenvalue weighted by Gasteiger charge is -2.24. The minimum absolute atomic E-state index is 0.110. The first kappa shape index (κ1) is 18.3. The fraction of sp³-hybridized carbons (Fsp3) is 0.300. The van der Waals surface area contributed by atoms with Crippen molar-refractivity contribution < 1.29 is 14.3 Å².